The molecule has 0 aliphatic heterocycles. The van der Waals surface area contributed by atoms with Crippen LogP contribution in [-0.2, 0) is 4.79 Å². The van der Waals surface area contributed by atoms with Crippen molar-refractivity contribution < 1.29 is 4.79 Å². The van der Waals surface area contributed by atoms with Gasteiger partial charge in [-0.3, -0.25) is 4.79 Å². The van der Waals surface area contributed by atoms with Crippen LogP contribution in [0.2, 0.25) is 0 Å². The molecule has 0 N–H and O–H groups in total. The monoisotopic (exact) mass is 53.0 g/mol. The molecule has 0 spiro atoms. The Morgan fingerprint density at radius 2 is 2.00 bits per heavy atom. The molecule has 0 aliphatic carbocycles. The summed E-state index contributed by atoms with van der Waals surface area (Å²) in [5.74, 6) is 1.62. The van der Waals surface area contributed by atoms with E-state index in [0.29, 0.717) is 0 Å². The quantitative estimate of drug-likeness (QED) is 0.347. The minimum absolute atomic E-state index is 1.21. The first kappa shape index (κ1) is 3.23. The van der Waals surface area contributed by atoms with Crippen molar-refractivity contribution in [3.05, 3.63) is 0 Å². The second-order valence-corrected chi connectivity index (χ2v) is 0.246. The van der Waals surface area contributed by atoms with E-state index < -0.39 is 0 Å². The molecule has 0 fully saturated rings. The molecular formula is C3HO. The lowest BCUT2D eigenvalue weighted by atomic mass is 10.8. The van der Waals surface area contributed by atoms with Crippen molar-refractivity contribution in [2.75, 3.05) is 0 Å². The third-order valence-electron chi connectivity index (χ3n) is 0.0589. The van der Waals surface area contributed by atoms with E-state index in [4.69, 9.17) is 4.79 Å². The first-order valence-corrected chi connectivity index (χ1v) is 0.743. The van der Waals surface area contributed by atoms with Gasteiger partial charge in [-0.05, 0) is 5.92 Å². The maximum Gasteiger partial charge on any atom is 0.284 e. The summed E-state index contributed by atoms with van der Waals surface area (Å²) in [6.07, 6.45) is 5.56. The fourth-order valence-corrected chi connectivity index (χ4v) is 0. The highest BCUT2D eigenvalue weighted by molar-refractivity contribution is 5.72. The number of carbonyl (C=O) groups excluding carboxylic acids is 1. The van der Waals surface area contributed by atoms with Gasteiger partial charge >= 0.3 is 0 Å². The molecule has 0 aliphatic rings. The molecule has 0 aromatic heterocycles. The van der Waals surface area contributed by atoms with Crippen molar-refractivity contribution in [2.45, 2.75) is 0 Å². The summed E-state index contributed by atoms with van der Waals surface area (Å²) in [7, 11) is 0. The molecule has 0 aromatic rings. The van der Waals surface area contributed by atoms with Crippen LogP contribution >= 0.6 is 0 Å². The summed E-state index contributed by atoms with van der Waals surface area (Å²) in [5, 5.41) is 0. The molecule has 1 heteroatoms. The minimum Gasteiger partial charge on any atom is -0.275 e. The van der Waals surface area contributed by atoms with Crippen LogP contribution in [0.4, 0.5) is 0 Å². The van der Waals surface area contributed by atoms with Crippen molar-refractivity contribution in [2.24, 2.45) is 0 Å². The van der Waals surface area contributed by atoms with Gasteiger partial charge in [0.05, 0.1) is 0 Å². The molecule has 0 aromatic carbocycles. The van der Waals surface area contributed by atoms with Crippen molar-refractivity contribution in [3.8, 4) is 12.3 Å². The van der Waals surface area contributed by atoms with Gasteiger partial charge in [-0.15, -0.1) is 6.42 Å². The predicted molar refractivity (Wildman–Crippen MR) is 14.5 cm³/mol. The summed E-state index contributed by atoms with van der Waals surface area (Å²) in [5.41, 5.74) is 0. The smallest absolute Gasteiger partial charge is 0.275 e. The Morgan fingerprint density at radius 1 is 1.75 bits per heavy atom. The second-order valence-electron chi connectivity index (χ2n) is 0.246. The zero-order valence-corrected chi connectivity index (χ0v) is 1.99. The van der Waals surface area contributed by atoms with Gasteiger partial charge in [-0.1, -0.05) is 0 Å². The van der Waals surface area contributed by atoms with Gasteiger partial charge in [0.15, 0.2) is 0 Å². The maximum absolute atomic E-state index is 8.81. The Morgan fingerprint density at radius 3 is 2.00 bits per heavy atom. The van der Waals surface area contributed by atoms with Crippen LogP contribution in [0.15, 0.2) is 0 Å². The topological polar surface area (TPSA) is 17.1 Å². The predicted octanol–water partition coefficient (Wildman–Crippen LogP) is -0.271. The van der Waals surface area contributed by atoms with Gasteiger partial charge in [0.2, 0.25) is 0 Å². The highest BCUT2D eigenvalue weighted by Crippen LogP contribution is 1.20. The van der Waals surface area contributed by atoms with Crippen molar-refractivity contribution in [3.63, 3.8) is 0 Å². The van der Waals surface area contributed by atoms with Crippen molar-refractivity contribution in [1.82, 2.24) is 0 Å². The van der Waals surface area contributed by atoms with E-state index in [-0.39, 0.29) is 0 Å². The Hall–Kier alpha value is -0.770. The average molecular weight is 53.0 g/mol. The lowest BCUT2D eigenvalue weighted by molar-refractivity contribution is 0.566. The van der Waals surface area contributed by atoms with Gasteiger partial charge in [0.1, 0.15) is 0 Å². The van der Waals surface area contributed by atoms with Crippen LogP contribution in [0, 0.1) is 12.3 Å². The average Bonchev–Trinajstić information content (AvgIpc) is 1.37. The fraction of sp³-hybridized carbons (Fsp3) is 0. The van der Waals surface area contributed by atoms with E-state index in [1.54, 1.807) is 5.92 Å². The molecule has 0 rings (SSSR count). The summed E-state index contributed by atoms with van der Waals surface area (Å²) in [6, 6.07) is 0. The molecule has 4 heavy (non-hydrogen) atoms. The Kier molecular flexibility index (Phi) is 1.80. The molecular weight excluding hydrogens is 52.0 g/mol. The van der Waals surface area contributed by atoms with E-state index >= 15 is 0 Å². The lowest BCUT2D eigenvalue weighted by Gasteiger charge is -1.27. The molecule has 0 atom stereocenters. The summed E-state index contributed by atoms with van der Waals surface area (Å²) < 4.78 is 0. The normalized spacial score (nSPS) is 3.75. The van der Waals surface area contributed by atoms with E-state index in [1.807, 2.05) is 0 Å². The SMILES string of the molecule is C#C[C]=O. The van der Waals surface area contributed by atoms with Gasteiger partial charge < -0.3 is 0 Å². The molecule has 1 nitrogen and oxygen atoms in total. The van der Waals surface area contributed by atoms with Gasteiger partial charge in [-0.25, -0.2) is 0 Å². The van der Waals surface area contributed by atoms with Crippen molar-refractivity contribution in [1.29, 1.82) is 0 Å². The Bertz CT molecular complexity index is 48.8. The Balaban J connectivity index is 2.92. The van der Waals surface area contributed by atoms with Gasteiger partial charge in [0.25, 0.3) is 6.29 Å². The minimum atomic E-state index is 1.21. The summed E-state index contributed by atoms with van der Waals surface area (Å²) in [4.78, 5) is 8.81. The summed E-state index contributed by atoms with van der Waals surface area (Å²) >= 11 is 0. The van der Waals surface area contributed by atoms with Crippen LogP contribution in [0.25, 0.3) is 0 Å². The van der Waals surface area contributed by atoms with Crippen LogP contribution < -0.4 is 0 Å². The third-order valence-corrected chi connectivity index (χ3v) is 0.0589. The molecule has 0 amide bonds. The highest BCUT2D eigenvalue weighted by Gasteiger charge is 1.41. The zero-order valence-electron chi connectivity index (χ0n) is 1.99. The van der Waals surface area contributed by atoms with Crippen LogP contribution in [-0.4, -0.2) is 6.29 Å². The molecule has 0 unspecified atom stereocenters. The Labute approximate surface area is 24.6 Å². The third kappa shape index (κ3) is 1.23. The molecule has 0 saturated heterocycles. The lowest BCUT2D eigenvalue weighted by Crippen LogP contribution is -1.46. The first-order chi connectivity index (χ1) is 1.91. The first-order valence-electron chi connectivity index (χ1n) is 0.743. The van der Waals surface area contributed by atoms with E-state index in [2.05, 4.69) is 6.42 Å². The molecule has 0 bridgehead atoms. The van der Waals surface area contributed by atoms with E-state index in [9.17, 15) is 0 Å². The van der Waals surface area contributed by atoms with Crippen molar-refractivity contribution >= 4 is 6.29 Å². The molecule has 1 radical (unpaired) electrons. The zero-order chi connectivity index (χ0) is 3.41. The van der Waals surface area contributed by atoms with Crippen LogP contribution in [0.1, 0.15) is 0 Å². The maximum atomic E-state index is 8.81. The second kappa shape index (κ2) is 2.23. The molecule has 0 heterocycles. The highest BCUT2D eigenvalue weighted by atomic mass is 16.1. The van der Waals surface area contributed by atoms with Crippen LogP contribution in [0.3, 0.4) is 0 Å². The van der Waals surface area contributed by atoms with Crippen LogP contribution in [0.5, 0.6) is 0 Å². The van der Waals surface area contributed by atoms with Gasteiger partial charge in [-0.2, -0.15) is 0 Å². The largest absolute Gasteiger partial charge is 0.284 e. The summed E-state index contributed by atoms with van der Waals surface area (Å²) in [6.45, 7) is 0. The fourth-order valence-electron chi connectivity index (χ4n) is 0. The molecule has 0 saturated carbocycles. The standard InChI is InChI=1S/C3HO/c1-2-3-4/h1H. The van der Waals surface area contributed by atoms with Gasteiger partial charge in [0, 0.05) is 0 Å². The molecule has 19 valence electrons. The number of terminal acetylenes is 1. The number of hydrogen-bond donors (Lipinski definition) is 0. The van der Waals surface area contributed by atoms with E-state index in [1.165, 1.54) is 6.29 Å². The van der Waals surface area contributed by atoms with E-state index in [0.717, 1.165) is 0 Å². The number of hydrogen-bond acceptors (Lipinski definition) is 1. The number of rotatable bonds is 0.